The standard InChI is InChI=1S/C15H21NO/c1-16-11-3-6-15(17)14-9-7-13(8-10-14)12-4-2-5-12/h7-10,12,16H,2-6,11H2,1H3. The summed E-state index contributed by atoms with van der Waals surface area (Å²) in [4.78, 5) is 11.9. The third-order valence-corrected chi connectivity index (χ3v) is 3.64. The zero-order valence-electron chi connectivity index (χ0n) is 10.5. The van der Waals surface area contributed by atoms with Crippen molar-refractivity contribution in [3.05, 3.63) is 35.4 Å². The van der Waals surface area contributed by atoms with E-state index in [2.05, 4.69) is 17.4 Å². The Hall–Kier alpha value is -1.15. The van der Waals surface area contributed by atoms with E-state index in [9.17, 15) is 4.79 Å². The number of hydrogen-bond donors (Lipinski definition) is 1. The van der Waals surface area contributed by atoms with Gasteiger partial charge in [-0.2, -0.15) is 0 Å². The smallest absolute Gasteiger partial charge is 0.162 e. The van der Waals surface area contributed by atoms with E-state index in [0.29, 0.717) is 6.42 Å². The molecule has 0 amide bonds. The molecule has 1 saturated carbocycles. The summed E-state index contributed by atoms with van der Waals surface area (Å²) in [6.45, 7) is 0.909. The first-order valence-electron chi connectivity index (χ1n) is 6.59. The van der Waals surface area contributed by atoms with Crippen LogP contribution < -0.4 is 5.32 Å². The molecular weight excluding hydrogens is 210 g/mol. The van der Waals surface area contributed by atoms with Gasteiger partial charge in [-0.05, 0) is 44.3 Å². The zero-order valence-corrected chi connectivity index (χ0v) is 10.5. The molecule has 1 fully saturated rings. The van der Waals surface area contributed by atoms with E-state index in [0.717, 1.165) is 24.4 Å². The Labute approximate surface area is 103 Å². The molecule has 1 aliphatic carbocycles. The van der Waals surface area contributed by atoms with Crippen LogP contribution in [0.25, 0.3) is 0 Å². The Kier molecular flexibility index (Phi) is 4.32. The van der Waals surface area contributed by atoms with E-state index < -0.39 is 0 Å². The SMILES string of the molecule is CNCCCC(=O)c1ccc(C2CCC2)cc1. The minimum absolute atomic E-state index is 0.264. The number of carbonyl (C=O) groups is 1. The summed E-state index contributed by atoms with van der Waals surface area (Å²) in [5.41, 5.74) is 2.27. The van der Waals surface area contributed by atoms with Crippen LogP contribution in [-0.4, -0.2) is 19.4 Å². The van der Waals surface area contributed by atoms with Gasteiger partial charge in [-0.1, -0.05) is 30.7 Å². The van der Waals surface area contributed by atoms with Gasteiger partial charge in [0.25, 0.3) is 0 Å². The molecule has 2 rings (SSSR count). The number of rotatable bonds is 6. The van der Waals surface area contributed by atoms with Crippen molar-refractivity contribution in [1.82, 2.24) is 5.32 Å². The topological polar surface area (TPSA) is 29.1 Å². The molecule has 0 aliphatic heterocycles. The third kappa shape index (κ3) is 3.16. The number of Topliss-reactive ketones (excluding diaryl/α,β-unsaturated/α-hetero) is 1. The van der Waals surface area contributed by atoms with Crippen molar-refractivity contribution >= 4 is 5.78 Å². The van der Waals surface area contributed by atoms with Gasteiger partial charge in [0, 0.05) is 12.0 Å². The van der Waals surface area contributed by atoms with Crippen molar-refractivity contribution in [2.24, 2.45) is 0 Å². The normalized spacial score (nSPS) is 15.6. The second-order valence-electron chi connectivity index (χ2n) is 4.88. The molecule has 0 saturated heterocycles. The molecule has 1 aliphatic rings. The van der Waals surface area contributed by atoms with Gasteiger partial charge in [-0.3, -0.25) is 4.79 Å². The van der Waals surface area contributed by atoms with E-state index in [1.54, 1.807) is 0 Å². The molecule has 0 radical (unpaired) electrons. The lowest BCUT2D eigenvalue weighted by Gasteiger charge is -2.25. The fourth-order valence-electron chi connectivity index (χ4n) is 2.25. The molecule has 1 N–H and O–H groups in total. The van der Waals surface area contributed by atoms with Gasteiger partial charge in [0.2, 0.25) is 0 Å². The number of carbonyl (C=O) groups excluding carboxylic acids is 1. The van der Waals surface area contributed by atoms with Gasteiger partial charge in [-0.15, -0.1) is 0 Å². The monoisotopic (exact) mass is 231 g/mol. The Morgan fingerprint density at radius 3 is 2.53 bits per heavy atom. The van der Waals surface area contributed by atoms with Crippen LogP contribution in [0.5, 0.6) is 0 Å². The maximum atomic E-state index is 11.9. The summed E-state index contributed by atoms with van der Waals surface area (Å²) in [5, 5.41) is 3.06. The summed E-state index contributed by atoms with van der Waals surface area (Å²) in [6.07, 6.45) is 5.55. The predicted octanol–water partition coefficient (Wildman–Crippen LogP) is 3.14. The first kappa shape index (κ1) is 12.3. The zero-order chi connectivity index (χ0) is 12.1. The summed E-state index contributed by atoms with van der Waals surface area (Å²) in [6, 6.07) is 8.26. The van der Waals surface area contributed by atoms with E-state index in [1.807, 2.05) is 19.2 Å². The lowest BCUT2D eigenvalue weighted by molar-refractivity contribution is 0.0980. The Morgan fingerprint density at radius 1 is 1.29 bits per heavy atom. The van der Waals surface area contributed by atoms with E-state index >= 15 is 0 Å². The van der Waals surface area contributed by atoms with Crippen LogP contribution in [0.15, 0.2) is 24.3 Å². The molecule has 0 heterocycles. The highest BCUT2D eigenvalue weighted by molar-refractivity contribution is 5.96. The van der Waals surface area contributed by atoms with Crippen LogP contribution in [-0.2, 0) is 0 Å². The van der Waals surface area contributed by atoms with Crippen molar-refractivity contribution < 1.29 is 4.79 Å². The minimum Gasteiger partial charge on any atom is -0.320 e. The van der Waals surface area contributed by atoms with Crippen molar-refractivity contribution in [3.8, 4) is 0 Å². The Morgan fingerprint density at radius 2 is 2.00 bits per heavy atom. The lowest BCUT2D eigenvalue weighted by Crippen LogP contribution is -2.11. The minimum atomic E-state index is 0.264. The van der Waals surface area contributed by atoms with Gasteiger partial charge in [0.15, 0.2) is 5.78 Å². The largest absolute Gasteiger partial charge is 0.320 e. The number of nitrogens with one attached hydrogen (secondary N) is 1. The highest BCUT2D eigenvalue weighted by Gasteiger charge is 2.19. The molecule has 0 unspecified atom stereocenters. The predicted molar refractivity (Wildman–Crippen MR) is 70.5 cm³/mol. The van der Waals surface area contributed by atoms with Crippen LogP contribution >= 0.6 is 0 Å². The maximum absolute atomic E-state index is 11.9. The van der Waals surface area contributed by atoms with Crippen LogP contribution in [0.3, 0.4) is 0 Å². The van der Waals surface area contributed by atoms with E-state index in [1.165, 1.54) is 24.8 Å². The van der Waals surface area contributed by atoms with Crippen LogP contribution in [0.1, 0.15) is 53.9 Å². The van der Waals surface area contributed by atoms with Gasteiger partial charge in [-0.25, -0.2) is 0 Å². The van der Waals surface area contributed by atoms with Gasteiger partial charge in [0.05, 0.1) is 0 Å². The average Bonchev–Trinajstić information content (AvgIpc) is 2.28. The second-order valence-corrected chi connectivity index (χ2v) is 4.88. The first-order chi connectivity index (χ1) is 8.31. The van der Waals surface area contributed by atoms with Crippen molar-refractivity contribution in [3.63, 3.8) is 0 Å². The molecule has 0 bridgehead atoms. The van der Waals surface area contributed by atoms with Crippen molar-refractivity contribution in [2.75, 3.05) is 13.6 Å². The molecule has 17 heavy (non-hydrogen) atoms. The molecule has 0 atom stereocenters. The fraction of sp³-hybridized carbons (Fsp3) is 0.533. The summed E-state index contributed by atoms with van der Waals surface area (Å²) < 4.78 is 0. The van der Waals surface area contributed by atoms with Crippen LogP contribution in [0.2, 0.25) is 0 Å². The summed E-state index contributed by atoms with van der Waals surface area (Å²) >= 11 is 0. The first-order valence-corrected chi connectivity index (χ1v) is 6.59. The molecule has 1 aromatic carbocycles. The van der Waals surface area contributed by atoms with Crippen LogP contribution in [0.4, 0.5) is 0 Å². The summed E-state index contributed by atoms with van der Waals surface area (Å²) in [5.74, 6) is 1.02. The lowest BCUT2D eigenvalue weighted by atomic mass is 9.80. The molecule has 0 spiro atoms. The molecule has 1 aromatic rings. The van der Waals surface area contributed by atoms with Gasteiger partial charge < -0.3 is 5.32 Å². The molecule has 92 valence electrons. The highest BCUT2D eigenvalue weighted by atomic mass is 16.1. The van der Waals surface area contributed by atoms with Crippen molar-refractivity contribution in [1.29, 1.82) is 0 Å². The van der Waals surface area contributed by atoms with E-state index in [-0.39, 0.29) is 5.78 Å². The van der Waals surface area contributed by atoms with Gasteiger partial charge in [0.1, 0.15) is 0 Å². The number of hydrogen-bond acceptors (Lipinski definition) is 2. The maximum Gasteiger partial charge on any atom is 0.162 e. The number of ketones is 1. The fourth-order valence-corrected chi connectivity index (χ4v) is 2.25. The quantitative estimate of drug-likeness (QED) is 0.602. The van der Waals surface area contributed by atoms with Gasteiger partial charge >= 0.3 is 0 Å². The average molecular weight is 231 g/mol. The molecule has 0 aromatic heterocycles. The highest BCUT2D eigenvalue weighted by Crippen LogP contribution is 2.36. The Balaban J connectivity index is 1.90. The number of benzene rings is 1. The third-order valence-electron chi connectivity index (χ3n) is 3.64. The molecule has 2 heteroatoms. The van der Waals surface area contributed by atoms with E-state index in [4.69, 9.17) is 0 Å². The molecule has 2 nitrogen and oxygen atoms in total. The van der Waals surface area contributed by atoms with Crippen molar-refractivity contribution in [2.45, 2.75) is 38.0 Å². The summed E-state index contributed by atoms with van der Waals surface area (Å²) in [7, 11) is 1.91. The second kappa shape index (κ2) is 5.97. The Bertz CT molecular complexity index is 365. The van der Waals surface area contributed by atoms with Crippen LogP contribution in [0, 0.1) is 0 Å². The molecular formula is C15H21NO.